The number of halogens is 6. The first kappa shape index (κ1) is 31.5. The topological polar surface area (TPSA) is 135 Å². The molecule has 2 aromatic rings. The van der Waals surface area contributed by atoms with Crippen molar-refractivity contribution in [3.63, 3.8) is 0 Å². The van der Waals surface area contributed by atoms with Gasteiger partial charge in [-0.15, -0.1) is 11.3 Å². The Hall–Kier alpha value is -2.76. The largest absolute Gasteiger partial charge is 0.490 e. The molecule has 0 radical (unpaired) electrons. The number of carboxylic acid groups (broad SMARTS) is 2. The minimum Gasteiger partial charge on any atom is -0.475 e. The van der Waals surface area contributed by atoms with Gasteiger partial charge in [-0.1, -0.05) is 5.16 Å². The summed E-state index contributed by atoms with van der Waals surface area (Å²) in [5, 5.41) is 21.5. The monoisotopic (exact) mass is 577 g/mol. The summed E-state index contributed by atoms with van der Waals surface area (Å²) >= 11 is 1.67. The van der Waals surface area contributed by atoms with E-state index in [-0.39, 0.29) is 11.7 Å². The summed E-state index contributed by atoms with van der Waals surface area (Å²) in [7, 11) is 0. The molecule has 4 heterocycles. The number of thiazole rings is 1. The van der Waals surface area contributed by atoms with Crippen LogP contribution in [0.2, 0.25) is 0 Å². The second-order valence-corrected chi connectivity index (χ2v) is 9.56. The van der Waals surface area contributed by atoms with E-state index in [4.69, 9.17) is 33.8 Å². The second-order valence-electron chi connectivity index (χ2n) is 8.50. The van der Waals surface area contributed by atoms with Crippen molar-refractivity contribution in [2.45, 2.75) is 63.9 Å². The van der Waals surface area contributed by atoms with E-state index in [0.29, 0.717) is 6.61 Å². The first-order valence-electron chi connectivity index (χ1n) is 10.9. The first-order chi connectivity index (χ1) is 17.5. The Balaban J connectivity index is 0.000000301. The molecule has 0 saturated carbocycles. The molecular weight excluding hydrogens is 552 g/mol. The molecule has 17 heteroatoms. The third kappa shape index (κ3) is 10.2. The van der Waals surface area contributed by atoms with Crippen LogP contribution >= 0.6 is 11.3 Å². The van der Waals surface area contributed by atoms with Gasteiger partial charge in [0.1, 0.15) is 5.76 Å². The van der Waals surface area contributed by atoms with Crippen molar-refractivity contribution < 1.29 is 60.1 Å². The van der Waals surface area contributed by atoms with Gasteiger partial charge in [-0.2, -0.15) is 26.3 Å². The number of ether oxygens (including phenoxy) is 2. The maximum absolute atomic E-state index is 10.6. The van der Waals surface area contributed by atoms with Crippen LogP contribution in [0.1, 0.15) is 35.0 Å². The minimum absolute atomic E-state index is 0.0420. The number of aryl methyl sites for hydroxylation is 2. The average Bonchev–Trinajstić information content (AvgIpc) is 3.38. The molecule has 0 bridgehead atoms. The molecule has 0 amide bonds. The Kier molecular flexibility index (Phi) is 10.6. The van der Waals surface area contributed by atoms with Gasteiger partial charge in [0.2, 0.25) is 0 Å². The lowest BCUT2D eigenvalue weighted by molar-refractivity contribution is -0.200. The highest BCUT2D eigenvalue weighted by atomic mass is 32.1. The zero-order valence-corrected chi connectivity index (χ0v) is 21.0. The molecule has 38 heavy (non-hydrogen) atoms. The van der Waals surface area contributed by atoms with Gasteiger partial charge in [0.15, 0.2) is 0 Å². The van der Waals surface area contributed by atoms with Gasteiger partial charge >= 0.3 is 24.3 Å². The Morgan fingerprint density at radius 2 is 1.71 bits per heavy atom. The van der Waals surface area contributed by atoms with Crippen molar-refractivity contribution in [2.75, 3.05) is 19.7 Å². The molecular formula is C21H25F6N3O7S. The van der Waals surface area contributed by atoms with E-state index in [9.17, 15) is 26.3 Å². The molecule has 1 atom stereocenters. The van der Waals surface area contributed by atoms with Gasteiger partial charge in [-0.05, 0) is 20.3 Å². The van der Waals surface area contributed by atoms with Crippen molar-refractivity contribution in [3.8, 4) is 0 Å². The molecule has 2 saturated heterocycles. The van der Waals surface area contributed by atoms with E-state index < -0.39 is 24.3 Å². The number of carbonyl (C=O) groups is 2. The number of hydrogen-bond donors (Lipinski definition) is 2. The smallest absolute Gasteiger partial charge is 0.475 e. The third-order valence-corrected chi connectivity index (χ3v) is 5.97. The Morgan fingerprint density at radius 3 is 2.16 bits per heavy atom. The van der Waals surface area contributed by atoms with E-state index in [0.717, 1.165) is 61.2 Å². The van der Waals surface area contributed by atoms with Gasteiger partial charge < -0.3 is 24.2 Å². The predicted octanol–water partition coefficient (Wildman–Crippen LogP) is 3.96. The number of hydrogen-bond acceptors (Lipinski definition) is 9. The molecule has 2 aliphatic heterocycles. The molecule has 1 unspecified atom stereocenters. The number of likely N-dealkylation sites (tertiary alicyclic amines) is 1. The summed E-state index contributed by atoms with van der Waals surface area (Å²) in [4.78, 5) is 24.6. The van der Waals surface area contributed by atoms with Crippen LogP contribution in [0.25, 0.3) is 0 Å². The highest BCUT2D eigenvalue weighted by molar-refractivity contribution is 7.09. The van der Waals surface area contributed by atoms with Crippen molar-refractivity contribution in [1.29, 1.82) is 0 Å². The van der Waals surface area contributed by atoms with Gasteiger partial charge in [0, 0.05) is 44.1 Å². The van der Waals surface area contributed by atoms with Crippen LogP contribution < -0.4 is 0 Å². The van der Waals surface area contributed by atoms with E-state index in [1.807, 2.05) is 19.9 Å². The molecule has 214 valence electrons. The highest BCUT2D eigenvalue weighted by Gasteiger charge is 2.48. The van der Waals surface area contributed by atoms with Crippen LogP contribution in [-0.4, -0.2) is 80.9 Å². The lowest BCUT2D eigenvalue weighted by atomic mass is 9.84. The maximum atomic E-state index is 10.6. The number of nitrogens with zero attached hydrogens (tertiary/aromatic N) is 3. The van der Waals surface area contributed by atoms with Crippen molar-refractivity contribution in [2.24, 2.45) is 0 Å². The molecule has 0 aromatic carbocycles. The number of alkyl halides is 6. The van der Waals surface area contributed by atoms with Crippen molar-refractivity contribution >= 4 is 23.3 Å². The molecule has 4 rings (SSSR count). The van der Waals surface area contributed by atoms with Crippen LogP contribution in [-0.2, 0) is 32.2 Å². The van der Waals surface area contributed by atoms with Gasteiger partial charge in [0.25, 0.3) is 0 Å². The summed E-state index contributed by atoms with van der Waals surface area (Å²) in [6.45, 7) is 8.03. The number of aromatic nitrogens is 2. The van der Waals surface area contributed by atoms with Crippen molar-refractivity contribution in [3.05, 3.63) is 33.6 Å². The fourth-order valence-electron chi connectivity index (χ4n) is 3.63. The van der Waals surface area contributed by atoms with Crippen LogP contribution in [0.5, 0.6) is 0 Å². The van der Waals surface area contributed by atoms with Crippen LogP contribution in [0.3, 0.4) is 0 Å². The minimum atomic E-state index is -5.08. The first-order valence-corrected chi connectivity index (χ1v) is 11.8. The fraction of sp³-hybridized carbons (Fsp3) is 0.619. The number of aliphatic carboxylic acids is 2. The third-order valence-electron chi connectivity index (χ3n) is 5.15. The quantitative estimate of drug-likeness (QED) is 0.503. The second kappa shape index (κ2) is 12.9. The van der Waals surface area contributed by atoms with E-state index in [1.165, 1.54) is 0 Å². The Bertz CT molecular complexity index is 1040. The average molecular weight is 578 g/mol. The van der Waals surface area contributed by atoms with Gasteiger partial charge in [0.05, 0.1) is 34.7 Å². The lowest BCUT2D eigenvalue weighted by Gasteiger charge is -2.53. The fourth-order valence-corrected chi connectivity index (χ4v) is 4.22. The molecule has 1 spiro atoms. The summed E-state index contributed by atoms with van der Waals surface area (Å²) < 4.78 is 80.8. The number of carboxylic acids is 2. The van der Waals surface area contributed by atoms with Gasteiger partial charge in [-0.25, -0.2) is 14.6 Å². The lowest BCUT2D eigenvalue weighted by Crippen LogP contribution is -2.65. The number of rotatable bonds is 5. The molecule has 2 aliphatic rings. The SMILES string of the molecule is Cc1cc(CN2CC3(CC(OCc4csc(C)n4)CCO3)C2)no1.O=C(O)C(F)(F)F.O=C(O)C(F)(F)F. The summed E-state index contributed by atoms with van der Waals surface area (Å²) in [6, 6.07) is 1.99. The van der Waals surface area contributed by atoms with E-state index in [1.54, 1.807) is 11.3 Å². The van der Waals surface area contributed by atoms with Crippen LogP contribution in [0.4, 0.5) is 26.3 Å². The summed E-state index contributed by atoms with van der Waals surface area (Å²) in [5.74, 6) is -4.65. The van der Waals surface area contributed by atoms with E-state index >= 15 is 0 Å². The summed E-state index contributed by atoms with van der Waals surface area (Å²) in [5.41, 5.74) is 1.99. The standard InChI is InChI=1S/C17H23N3O3S.2C2HF3O2/c1-12-5-14(19-23-12)7-20-10-17(11-20)6-16(3-4-22-17)21-8-15-9-24-13(2)18-15;2*3-2(4,5)1(6)7/h5,9,16H,3-4,6-8,10-11H2,1-2H3;2*(H,6,7). The van der Waals surface area contributed by atoms with Crippen LogP contribution in [0.15, 0.2) is 16.0 Å². The van der Waals surface area contributed by atoms with Crippen molar-refractivity contribution in [1.82, 2.24) is 15.0 Å². The van der Waals surface area contributed by atoms with Crippen LogP contribution in [0, 0.1) is 13.8 Å². The molecule has 0 aliphatic carbocycles. The highest BCUT2D eigenvalue weighted by Crippen LogP contribution is 2.36. The molecule has 2 N–H and O–H groups in total. The molecule has 2 fully saturated rings. The van der Waals surface area contributed by atoms with E-state index in [2.05, 4.69) is 20.4 Å². The normalized spacial score (nSPS) is 19.0. The molecule has 10 nitrogen and oxygen atoms in total. The predicted molar refractivity (Wildman–Crippen MR) is 117 cm³/mol. The molecule has 2 aromatic heterocycles. The Labute approximate surface area is 216 Å². The zero-order chi connectivity index (χ0) is 28.7. The zero-order valence-electron chi connectivity index (χ0n) is 20.1. The Morgan fingerprint density at radius 1 is 1.13 bits per heavy atom. The summed E-state index contributed by atoms with van der Waals surface area (Å²) in [6.07, 6.45) is -7.98. The maximum Gasteiger partial charge on any atom is 0.490 e. The van der Waals surface area contributed by atoms with Gasteiger partial charge in [-0.3, -0.25) is 4.90 Å².